The largest absolute Gasteiger partial charge is 0.389 e. The van der Waals surface area contributed by atoms with Gasteiger partial charge in [-0.05, 0) is 18.1 Å². The van der Waals surface area contributed by atoms with Crippen molar-refractivity contribution in [2.45, 2.75) is 20.3 Å². The highest BCUT2D eigenvalue weighted by Crippen LogP contribution is 2.27. The zero-order chi connectivity index (χ0) is 13.0. The van der Waals surface area contributed by atoms with Gasteiger partial charge in [-0.15, -0.1) is 0 Å². The average molecular weight is 271 g/mol. The minimum absolute atomic E-state index is 0.349. The third-order valence-electron chi connectivity index (χ3n) is 2.93. The van der Waals surface area contributed by atoms with Crippen molar-refractivity contribution in [1.29, 1.82) is 0 Å². The van der Waals surface area contributed by atoms with Crippen molar-refractivity contribution in [1.82, 2.24) is 0 Å². The molecule has 0 aliphatic carbocycles. The first kappa shape index (κ1) is 14.3. The van der Waals surface area contributed by atoms with Crippen molar-refractivity contribution >= 4 is 34.5 Å². The van der Waals surface area contributed by atoms with Crippen LogP contribution in [0.5, 0.6) is 0 Å². The lowest BCUT2D eigenvalue weighted by Crippen LogP contribution is -2.26. The van der Waals surface area contributed by atoms with E-state index in [1.807, 2.05) is 25.2 Å². The number of nitrogens with zero attached hydrogens (tertiary/aromatic N) is 1. The molecule has 4 heteroatoms. The molecule has 0 fully saturated rings. The number of thiocarbonyl (C=S) groups is 1. The minimum Gasteiger partial charge on any atom is -0.389 e. The van der Waals surface area contributed by atoms with Crippen molar-refractivity contribution in [2.24, 2.45) is 11.7 Å². The number of halogens is 1. The summed E-state index contributed by atoms with van der Waals surface area (Å²) in [7, 11) is 2.04. The zero-order valence-corrected chi connectivity index (χ0v) is 12.1. The van der Waals surface area contributed by atoms with Gasteiger partial charge in [0.25, 0.3) is 0 Å². The second-order valence-electron chi connectivity index (χ2n) is 4.39. The van der Waals surface area contributed by atoms with Gasteiger partial charge in [0, 0.05) is 19.3 Å². The molecule has 0 heterocycles. The topological polar surface area (TPSA) is 29.3 Å². The van der Waals surface area contributed by atoms with Gasteiger partial charge < -0.3 is 10.6 Å². The van der Waals surface area contributed by atoms with E-state index >= 15 is 0 Å². The Kier molecular flexibility index (Phi) is 5.22. The molecule has 0 radical (unpaired) electrons. The summed E-state index contributed by atoms with van der Waals surface area (Å²) in [5, 5.41) is 0.617. The molecule has 94 valence electrons. The van der Waals surface area contributed by atoms with E-state index in [9.17, 15) is 0 Å². The third-order valence-corrected chi connectivity index (χ3v) is 3.45. The molecule has 0 spiro atoms. The Hall–Kier alpha value is -0.800. The molecule has 1 unspecified atom stereocenters. The molecule has 0 aromatic heterocycles. The quantitative estimate of drug-likeness (QED) is 0.831. The van der Waals surface area contributed by atoms with Gasteiger partial charge >= 0.3 is 0 Å². The van der Waals surface area contributed by atoms with Gasteiger partial charge in [-0.3, -0.25) is 0 Å². The van der Waals surface area contributed by atoms with Gasteiger partial charge in [-0.2, -0.15) is 0 Å². The van der Waals surface area contributed by atoms with Gasteiger partial charge in [0.2, 0.25) is 0 Å². The molecule has 1 aromatic rings. The maximum atomic E-state index is 6.14. The molecule has 2 nitrogen and oxygen atoms in total. The van der Waals surface area contributed by atoms with Crippen LogP contribution in [0, 0.1) is 5.92 Å². The lowest BCUT2D eigenvalue weighted by Gasteiger charge is -2.25. The summed E-state index contributed by atoms with van der Waals surface area (Å²) < 4.78 is 0. The highest BCUT2D eigenvalue weighted by molar-refractivity contribution is 7.80. The van der Waals surface area contributed by atoms with Crippen LogP contribution >= 0.6 is 23.8 Å². The molecule has 0 aliphatic rings. The number of rotatable bonds is 5. The van der Waals surface area contributed by atoms with Gasteiger partial charge in [-0.25, -0.2) is 0 Å². The molecule has 0 bridgehead atoms. The van der Waals surface area contributed by atoms with Crippen LogP contribution < -0.4 is 10.6 Å². The predicted molar refractivity (Wildman–Crippen MR) is 80.1 cm³/mol. The molecule has 0 saturated heterocycles. The second kappa shape index (κ2) is 6.22. The van der Waals surface area contributed by atoms with E-state index in [0.29, 0.717) is 15.9 Å². The highest BCUT2D eigenvalue weighted by Gasteiger charge is 2.14. The maximum Gasteiger partial charge on any atom is 0.107 e. The van der Waals surface area contributed by atoms with E-state index in [0.717, 1.165) is 24.2 Å². The molecular weight excluding hydrogens is 252 g/mol. The fourth-order valence-corrected chi connectivity index (χ4v) is 2.31. The SMILES string of the molecule is CCC(C)CN(C)c1cccc(Cl)c1C(N)=S. The van der Waals surface area contributed by atoms with Crippen LogP contribution in [0.2, 0.25) is 5.02 Å². The average Bonchev–Trinajstić information content (AvgIpc) is 2.27. The first-order chi connectivity index (χ1) is 7.97. The molecule has 0 aliphatic heterocycles. The number of nitrogens with two attached hydrogens (primary N) is 1. The summed E-state index contributed by atoms with van der Waals surface area (Å²) in [4.78, 5) is 2.51. The number of anilines is 1. The number of hydrogen-bond donors (Lipinski definition) is 1. The highest BCUT2D eigenvalue weighted by atomic mass is 35.5. The lowest BCUT2D eigenvalue weighted by molar-refractivity contribution is 0.560. The Bertz CT molecular complexity index is 406. The summed E-state index contributed by atoms with van der Waals surface area (Å²) in [6.45, 7) is 5.37. The van der Waals surface area contributed by atoms with E-state index in [-0.39, 0.29) is 0 Å². The van der Waals surface area contributed by atoms with Crippen LogP contribution in [0.15, 0.2) is 18.2 Å². The zero-order valence-electron chi connectivity index (χ0n) is 10.5. The molecule has 2 N–H and O–H groups in total. The minimum atomic E-state index is 0.349. The summed E-state index contributed by atoms with van der Waals surface area (Å²) in [6, 6.07) is 5.74. The molecule has 17 heavy (non-hydrogen) atoms. The fourth-order valence-electron chi connectivity index (χ4n) is 1.77. The van der Waals surface area contributed by atoms with Crippen molar-refractivity contribution in [2.75, 3.05) is 18.5 Å². The normalized spacial score (nSPS) is 12.2. The predicted octanol–water partition coefficient (Wildman–Crippen LogP) is 3.46. The van der Waals surface area contributed by atoms with Crippen molar-refractivity contribution in [3.05, 3.63) is 28.8 Å². The molecule has 1 rings (SSSR count). The second-order valence-corrected chi connectivity index (χ2v) is 5.24. The maximum absolute atomic E-state index is 6.14. The molecule has 0 saturated carbocycles. The lowest BCUT2D eigenvalue weighted by atomic mass is 10.1. The molecule has 1 aromatic carbocycles. The molecule has 0 amide bonds. The van der Waals surface area contributed by atoms with Crippen molar-refractivity contribution in [3.8, 4) is 0 Å². The monoisotopic (exact) mass is 270 g/mol. The van der Waals surface area contributed by atoms with E-state index in [1.54, 1.807) is 0 Å². The summed E-state index contributed by atoms with van der Waals surface area (Å²) in [6.07, 6.45) is 1.15. The Labute approximate surface area is 114 Å². The van der Waals surface area contributed by atoms with E-state index in [4.69, 9.17) is 29.6 Å². The van der Waals surface area contributed by atoms with Gasteiger partial charge in [0.05, 0.1) is 10.6 Å². The van der Waals surface area contributed by atoms with Gasteiger partial charge in [0.1, 0.15) is 4.99 Å². The van der Waals surface area contributed by atoms with Crippen LogP contribution in [0.1, 0.15) is 25.8 Å². The van der Waals surface area contributed by atoms with E-state index in [1.165, 1.54) is 0 Å². The van der Waals surface area contributed by atoms with Crippen molar-refractivity contribution < 1.29 is 0 Å². The number of hydrogen-bond acceptors (Lipinski definition) is 2. The van der Waals surface area contributed by atoms with E-state index in [2.05, 4.69) is 18.7 Å². The Morgan fingerprint density at radius 2 is 2.18 bits per heavy atom. The summed E-state index contributed by atoms with van der Waals surface area (Å²) in [5.41, 5.74) is 7.51. The third kappa shape index (κ3) is 3.58. The van der Waals surface area contributed by atoms with Crippen LogP contribution in [0.3, 0.4) is 0 Å². The Morgan fingerprint density at radius 1 is 1.53 bits per heavy atom. The smallest absolute Gasteiger partial charge is 0.107 e. The Morgan fingerprint density at radius 3 is 2.71 bits per heavy atom. The van der Waals surface area contributed by atoms with Crippen molar-refractivity contribution in [3.63, 3.8) is 0 Å². The van der Waals surface area contributed by atoms with Crippen LogP contribution in [-0.2, 0) is 0 Å². The van der Waals surface area contributed by atoms with Gasteiger partial charge in [-0.1, -0.05) is 50.2 Å². The summed E-state index contributed by atoms with van der Waals surface area (Å²) in [5.74, 6) is 0.623. The first-order valence-corrected chi connectivity index (χ1v) is 6.55. The number of benzene rings is 1. The van der Waals surface area contributed by atoms with E-state index < -0.39 is 0 Å². The first-order valence-electron chi connectivity index (χ1n) is 5.76. The summed E-state index contributed by atoms with van der Waals surface area (Å²) >= 11 is 11.2. The Balaban J connectivity index is 3.04. The molecular formula is C13H19ClN2S. The van der Waals surface area contributed by atoms with Crippen LogP contribution in [0.4, 0.5) is 5.69 Å². The van der Waals surface area contributed by atoms with Crippen LogP contribution in [0.25, 0.3) is 0 Å². The molecule has 1 atom stereocenters. The van der Waals surface area contributed by atoms with Gasteiger partial charge in [0.15, 0.2) is 0 Å². The van der Waals surface area contributed by atoms with Crippen LogP contribution in [-0.4, -0.2) is 18.6 Å². The fraction of sp³-hybridized carbons (Fsp3) is 0.462. The standard InChI is InChI=1S/C13H19ClN2S/c1-4-9(2)8-16(3)11-7-5-6-10(14)12(11)13(15)17/h5-7,9H,4,8H2,1-3H3,(H2,15,17).